The number of aliphatic hydroxyl groups is 1. The summed E-state index contributed by atoms with van der Waals surface area (Å²) in [6.07, 6.45) is 0.866. The molecule has 1 aliphatic heterocycles. The molecule has 2 atom stereocenters. The Morgan fingerprint density at radius 1 is 1.86 bits per heavy atom. The lowest BCUT2D eigenvalue weighted by molar-refractivity contribution is -0.0959. The van der Waals surface area contributed by atoms with E-state index in [1.807, 2.05) is 6.92 Å². The van der Waals surface area contributed by atoms with Crippen LogP contribution in [-0.4, -0.2) is 17.6 Å². The maximum Gasteiger partial charge on any atom is 0.232 e. The van der Waals surface area contributed by atoms with E-state index in [1.165, 1.54) is 0 Å². The first-order chi connectivity index (χ1) is 3.30. The molecule has 1 N–H and O–H groups in total. The van der Waals surface area contributed by atoms with E-state index in [0.717, 1.165) is 0 Å². The van der Waals surface area contributed by atoms with Gasteiger partial charge in [0.1, 0.15) is 0 Å². The lowest BCUT2D eigenvalue weighted by atomic mass is 10.2. The molecule has 0 saturated heterocycles. The van der Waals surface area contributed by atoms with Gasteiger partial charge in [-0.05, 0) is 0 Å². The van der Waals surface area contributed by atoms with Gasteiger partial charge in [0.25, 0.3) is 0 Å². The topological polar surface area (TPSA) is 41.8 Å². The summed E-state index contributed by atoms with van der Waals surface area (Å²) in [6, 6.07) is 0. The Bertz CT molecular complexity index is 91.7. The molecule has 7 heavy (non-hydrogen) atoms. The van der Waals surface area contributed by atoms with Crippen molar-refractivity contribution in [3.05, 3.63) is 0 Å². The molecule has 0 saturated carbocycles. The van der Waals surface area contributed by atoms with Gasteiger partial charge in [0.2, 0.25) is 6.29 Å². The second-order valence-electron chi connectivity index (χ2n) is 1.61. The third kappa shape index (κ3) is 0.718. The zero-order chi connectivity index (χ0) is 5.28. The van der Waals surface area contributed by atoms with Crippen LogP contribution in [-0.2, 0) is 4.84 Å². The van der Waals surface area contributed by atoms with Crippen LogP contribution >= 0.6 is 0 Å². The molecule has 2 unspecified atom stereocenters. The number of nitrogens with zero attached hydrogens (tertiary/aromatic N) is 1. The van der Waals surface area contributed by atoms with Crippen molar-refractivity contribution in [1.82, 2.24) is 0 Å². The monoisotopic (exact) mass is 101 g/mol. The maximum atomic E-state index is 8.65. The average molecular weight is 101 g/mol. The molecule has 0 radical (unpaired) electrons. The Balaban J connectivity index is 2.45. The summed E-state index contributed by atoms with van der Waals surface area (Å²) >= 11 is 0. The Hall–Kier alpha value is -0.570. The zero-order valence-electron chi connectivity index (χ0n) is 4.03. The van der Waals surface area contributed by atoms with Gasteiger partial charge >= 0.3 is 0 Å². The first-order valence-electron chi connectivity index (χ1n) is 2.18. The normalized spacial score (nSPS) is 38.6. The highest BCUT2D eigenvalue weighted by molar-refractivity contribution is 5.61. The van der Waals surface area contributed by atoms with E-state index in [9.17, 15) is 0 Å². The Labute approximate surface area is 41.6 Å². The molecular formula is C4H7NO2. The lowest BCUT2D eigenvalue weighted by Gasteiger charge is -2.01. The maximum absolute atomic E-state index is 8.65. The average Bonchev–Trinajstić information content (AvgIpc) is 1.91. The first kappa shape index (κ1) is 4.59. The number of hydrogen-bond acceptors (Lipinski definition) is 3. The molecule has 3 nitrogen and oxygen atoms in total. The highest BCUT2D eigenvalue weighted by Crippen LogP contribution is 2.07. The minimum atomic E-state index is -0.708. The molecule has 0 bridgehead atoms. The molecule has 3 heteroatoms. The standard InChI is InChI=1S/C4H7NO2/c1-3-2-5-7-4(3)6/h2-4,6H,1H3. The van der Waals surface area contributed by atoms with Crippen LogP contribution < -0.4 is 0 Å². The predicted molar refractivity (Wildman–Crippen MR) is 24.7 cm³/mol. The fraction of sp³-hybridized carbons (Fsp3) is 0.750. The van der Waals surface area contributed by atoms with Crippen molar-refractivity contribution < 1.29 is 9.94 Å². The highest BCUT2D eigenvalue weighted by Gasteiger charge is 2.17. The summed E-state index contributed by atoms with van der Waals surface area (Å²) in [5.41, 5.74) is 0. The van der Waals surface area contributed by atoms with E-state index in [2.05, 4.69) is 9.99 Å². The minimum absolute atomic E-state index is 0.0556. The van der Waals surface area contributed by atoms with E-state index in [0.29, 0.717) is 0 Å². The van der Waals surface area contributed by atoms with E-state index < -0.39 is 6.29 Å². The summed E-state index contributed by atoms with van der Waals surface area (Å²) in [7, 11) is 0. The van der Waals surface area contributed by atoms with Crippen LogP contribution in [0.4, 0.5) is 0 Å². The molecule has 0 aromatic heterocycles. The van der Waals surface area contributed by atoms with Crippen LogP contribution in [0.25, 0.3) is 0 Å². The van der Waals surface area contributed by atoms with Crippen molar-refractivity contribution in [2.75, 3.05) is 0 Å². The summed E-state index contributed by atoms with van der Waals surface area (Å²) in [6.45, 7) is 1.83. The van der Waals surface area contributed by atoms with Gasteiger partial charge in [-0.2, -0.15) is 0 Å². The van der Waals surface area contributed by atoms with Gasteiger partial charge in [0.15, 0.2) is 0 Å². The number of aliphatic hydroxyl groups excluding tert-OH is 1. The third-order valence-corrected chi connectivity index (χ3v) is 0.915. The lowest BCUT2D eigenvalue weighted by Crippen LogP contribution is -2.12. The molecule has 1 heterocycles. The van der Waals surface area contributed by atoms with Gasteiger partial charge in [0.05, 0.1) is 12.1 Å². The van der Waals surface area contributed by atoms with Crippen molar-refractivity contribution in [3.8, 4) is 0 Å². The van der Waals surface area contributed by atoms with Crippen molar-refractivity contribution in [3.63, 3.8) is 0 Å². The second-order valence-corrected chi connectivity index (χ2v) is 1.61. The van der Waals surface area contributed by atoms with Crippen LogP contribution in [0.2, 0.25) is 0 Å². The Morgan fingerprint density at radius 3 is 2.71 bits per heavy atom. The minimum Gasteiger partial charge on any atom is -0.363 e. The molecule has 0 amide bonds. The van der Waals surface area contributed by atoms with Crippen molar-refractivity contribution in [2.24, 2.45) is 11.1 Å². The summed E-state index contributed by atoms with van der Waals surface area (Å²) in [5.74, 6) is 0.0556. The van der Waals surface area contributed by atoms with Gasteiger partial charge in [-0.3, -0.25) is 0 Å². The van der Waals surface area contributed by atoms with Crippen LogP contribution in [0.5, 0.6) is 0 Å². The summed E-state index contributed by atoms with van der Waals surface area (Å²) in [4.78, 5) is 4.39. The van der Waals surface area contributed by atoms with E-state index in [1.54, 1.807) is 6.21 Å². The van der Waals surface area contributed by atoms with E-state index >= 15 is 0 Å². The predicted octanol–water partition coefficient (Wildman–Crippen LogP) is -0.0431. The van der Waals surface area contributed by atoms with Crippen molar-refractivity contribution >= 4 is 6.21 Å². The summed E-state index contributed by atoms with van der Waals surface area (Å²) in [5, 5.41) is 12.0. The third-order valence-electron chi connectivity index (χ3n) is 0.915. The fourth-order valence-corrected chi connectivity index (χ4v) is 0.363. The van der Waals surface area contributed by atoms with Gasteiger partial charge < -0.3 is 9.94 Å². The molecule has 40 valence electrons. The molecular weight excluding hydrogens is 94.0 g/mol. The van der Waals surface area contributed by atoms with Gasteiger partial charge in [-0.25, -0.2) is 0 Å². The van der Waals surface area contributed by atoms with Gasteiger partial charge in [-0.1, -0.05) is 12.1 Å². The summed E-state index contributed by atoms with van der Waals surface area (Å²) < 4.78 is 0. The van der Waals surface area contributed by atoms with Crippen molar-refractivity contribution in [2.45, 2.75) is 13.2 Å². The molecule has 0 aliphatic carbocycles. The number of rotatable bonds is 0. The van der Waals surface area contributed by atoms with Crippen molar-refractivity contribution in [1.29, 1.82) is 0 Å². The Morgan fingerprint density at radius 2 is 2.57 bits per heavy atom. The SMILES string of the molecule is CC1C=NOC1O. The fourth-order valence-electron chi connectivity index (χ4n) is 0.363. The smallest absolute Gasteiger partial charge is 0.232 e. The van der Waals surface area contributed by atoms with Crippen LogP contribution in [0.1, 0.15) is 6.92 Å². The van der Waals surface area contributed by atoms with Gasteiger partial charge in [-0.15, -0.1) is 0 Å². The molecule has 0 aromatic rings. The first-order valence-corrected chi connectivity index (χ1v) is 2.18. The molecule has 0 fully saturated rings. The van der Waals surface area contributed by atoms with E-state index in [4.69, 9.17) is 5.11 Å². The molecule has 0 aromatic carbocycles. The number of oxime groups is 1. The highest BCUT2D eigenvalue weighted by atomic mass is 16.7. The van der Waals surface area contributed by atoms with Crippen LogP contribution in [0.15, 0.2) is 5.16 Å². The van der Waals surface area contributed by atoms with Crippen LogP contribution in [0.3, 0.4) is 0 Å². The number of hydrogen-bond donors (Lipinski definition) is 1. The molecule has 0 spiro atoms. The van der Waals surface area contributed by atoms with Crippen LogP contribution in [0, 0.1) is 5.92 Å². The van der Waals surface area contributed by atoms with E-state index in [-0.39, 0.29) is 5.92 Å². The van der Waals surface area contributed by atoms with Gasteiger partial charge in [0, 0.05) is 0 Å². The quantitative estimate of drug-likeness (QED) is 0.465. The second kappa shape index (κ2) is 1.50. The largest absolute Gasteiger partial charge is 0.363 e. The Kier molecular flexibility index (Phi) is 0.982. The molecule has 1 rings (SSSR count). The zero-order valence-corrected chi connectivity index (χ0v) is 4.03. The molecule has 1 aliphatic rings.